The molecule has 0 spiro atoms. The molecule has 1 fully saturated rings. The predicted octanol–water partition coefficient (Wildman–Crippen LogP) is 4.10. The number of halogens is 1. The maximum absolute atomic E-state index is 5.71. The van der Waals surface area contributed by atoms with Gasteiger partial charge in [-0.1, -0.05) is 19.3 Å². The van der Waals surface area contributed by atoms with Crippen molar-refractivity contribution in [1.82, 2.24) is 20.4 Å². The molecule has 2 heterocycles. The average Bonchev–Trinajstić information content (AvgIpc) is 3.38. The van der Waals surface area contributed by atoms with Crippen LogP contribution in [-0.2, 0) is 0 Å². The Hall–Kier alpha value is -0.800. The van der Waals surface area contributed by atoms with Gasteiger partial charge in [0.2, 0.25) is 0 Å². The molecule has 2 rings (SSSR count). The van der Waals surface area contributed by atoms with Crippen molar-refractivity contribution in [2.75, 3.05) is 53.4 Å². The van der Waals surface area contributed by atoms with Crippen LogP contribution in [0.25, 0.3) is 0 Å². The van der Waals surface area contributed by atoms with Gasteiger partial charge in [0.25, 0.3) is 0 Å². The lowest BCUT2D eigenvalue weighted by Gasteiger charge is -2.24. The first-order valence-corrected chi connectivity index (χ1v) is 11.1. The number of nitrogens with one attached hydrogen (secondary N) is 2. The van der Waals surface area contributed by atoms with Gasteiger partial charge < -0.3 is 20.0 Å². The molecule has 0 amide bonds. The number of rotatable bonds is 13. The molecule has 0 aliphatic carbocycles. The molecule has 1 aromatic rings. The van der Waals surface area contributed by atoms with Gasteiger partial charge in [-0.3, -0.25) is 9.89 Å². The van der Waals surface area contributed by atoms with Crippen LogP contribution in [0.5, 0.6) is 0 Å². The molecule has 6 nitrogen and oxygen atoms in total. The minimum atomic E-state index is 0. The molecule has 0 bridgehead atoms. The fraction of sp³-hybridized carbons (Fsp3) is 0.773. The zero-order valence-electron chi connectivity index (χ0n) is 18.7. The van der Waals surface area contributed by atoms with Gasteiger partial charge in [0.15, 0.2) is 5.96 Å². The van der Waals surface area contributed by atoms with Gasteiger partial charge in [-0.25, -0.2) is 0 Å². The molecule has 0 aromatic carbocycles. The maximum atomic E-state index is 5.71. The van der Waals surface area contributed by atoms with E-state index in [0.717, 1.165) is 44.4 Å². The van der Waals surface area contributed by atoms with Crippen molar-refractivity contribution >= 4 is 29.9 Å². The number of aliphatic imine (C=N–C) groups is 1. The molecule has 168 valence electrons. The van der Waals surface area contributed by atoms with Crippen LogP contribution in [0.2, 0.25) is 0 Å². The van der Waals surface area contributed by atoms with Gasteiger partial charge in [0.05, 0.1) is 18.8 Å². The summed E-state index contributed by atoms with van der Waals surface area (Å²) in [6.07, 6.45) is 10.7. The number of guanidine groups is 1. The summed E-state index contributed by atoms with van der Waals surface area (Å²) < 4.78 is 5.71. The molecule has 29 heavy (non-hydrogen) atoms. The Morgan fingerprint density at radius 2 is 1.86 bits per heavy atom. The maximum Gasteiger partial charge on any atom is 0.191 e. The molecule has 1 aliphatic rings. The molecular weight excluding hydrogens is 477 g/mol. The van der Waals surface area contributed by atoms with Crippen LogP contribution in [0, 0.1) is 0 Å². The topological polar surface area (TPSA) is 56.0 Å². The molecule has 1 atom stereocenters. The van der Waals surface area contributed by atoms with E-state index >= 15 is 0 Å². The Morgan fingerprint density at radius 3 is 2.52 bits per heavy atom. The molecule has 1 saturated heterocycles. The molecule has 7 heteroatoms. The standard InChI is InChI=1S/C22H41N5O.HI/c1-4-23-22(24-14-8-6-5-7-9-15-26(2)3)25-19-20(21-13-12-18-28-21)27-16-10-11-17-27;/h12-13,18,20H,4-11,14-17,19H2,1-3H3,(H2,23,24,25);1H. The van der Waals surface area contributed by atoms with E-state index in [1.807, 2.05) is 6.07 Å². The lowest BCUT2D eigenvalue weighted by atomic mass is 10.1. The largest absolute Gasteiger partial charge is 0.468 e. The van der Waals surface area contributed by atoms with E-state index in [9.17, 15) is 0 Å². The fourth-order valence-corrected chi connectivity index (χ4v) is 3.73. The summed E-state index contributed by atoms with van der Waals surface area (Å²) in [5.74, 6) is 1.95. The molecule has 0 radical (unpaired) electrons. The molecule has 1 unspecified atom stereocenters. The van der Waals surface area contributed by atoms with Crippen LogP contribution < -0.4 is 10.6 Å². The first-order chi connectivity index (χ1) is 13.7. The van der Waals surface area contributed by atoms with E-state index in [2.05, 4.69) is 47.5 Å². The fourth-order valence-electron chi connectivity index (χ4n) is 3.73. The van der Waals surface area contributed by atoms with E-state index in [4.69, 9.17) is 9.41 Å². The summed E-state index contributed by atoms with van der Waals surface area (Å²) in [4.78, 5) is 9.63. The summed E-state index contributed by atoms with van der Waals surface area (Å²) >= 11 is 0. The highest BCUT2D eigenvalue weighted by Gasteiger charge is 2.25. The Kier molecular flexibility index (Phi) is 14.4. The zero-order valence-corrected chi connectivity index (χ0v) is 21.0. The quantitative estimate of drug-likeness (QED) is 0.178. The van der Waals surface area contributed by atoms with Crippen molar-refractivity contribution in [3.8, 4) is 0 Å². The Labute approximate surface area is 194 Å². The van der Waals surface area contributed by atoms with Gasteiger partial charge in [0.1, 0.15) is 5.76 Å². The monoisotopic (exact) mass is 519 g/mol. The Morgan fingerprint density at radius 1 is 1.14 bits per heavy atom. The first kappa shape index (κ1) is 26.2. The number of hydrogen-bond acceptors (Lipinski definition) is 4. The molecular formula is C22H42IN5O. The minimum absolute atomic E-state index is 0. The molecule has 1 aliphatic heterocycles. The number of nitrogens with zero attached hydrogens (tertiary/aromatic N) is 3. The zero-order chi connectivity index (χ0) is 20.0. The lowest BCUT2D eigenvalue weighted by Crippen LogP contribution is -2.38. The number of likely N-dealkylation sites (tertiary alicyclic amines) is 1. The predicted molar refractivity (Wildman–Crippen MR) is 133 cm³/mol. The van der Waals surface area contributed by atoms with E-state index in [0.29, 0.717) is 0 Å². The summed E-state index contributed by atoms with van der Waals surface area (Å²) in [6.45, 7) is 8.18. The third kappa shape index (κ3) is 10.7. The number of unbranched alkanes of at least 4 members (excludes halogenated alkanes) is 4. The second-order valence-electron chi connectivity index (χ2n) is 7.99. The van der Waals surface area contributed by atoms with Crippen molar-refractivity contribution < 1.29 is 4.42 Å². The number of hydrogen-bond donors (Lipinski definition) is 2. The average molecular weight is 520 g/mol. The highest BCUT2D eigenvalue weighted by atomic mass is 127. The van der Waals surface area contributed by atoms with Crippen LogP contribution in [0.4, 0.5) is 0 Å². The van der Waals surface area contributed by atoms with Crippen LogP contribution >= 0.6 is 24.0 Å². The van der Waals surface area contributed by atoms with Crippen molar-refractivity contribution in [2.45, 2.75) is 57.9 Å². The Balaban J connectivity index is 0.00000420. The van der Waals surface area contributed by atoms with Gasteiger partial charge >= 0.3 is 0 Å². The van der Waals surface area contributed by atoms with Crippen LogP contribution in [-0.4, -0.2) is 69.1 Å². The van der Waals surface area contributed by atoms with Gasteiger partial charge in [0, 0.05) is 13.1 Å². The SMILES string of the molecule is CCNC(=NCC(c1ccco1)N1CCCC1)NCCCCCCCN(C)C.I. The minimum Gasteiger partial charge on any atom is -0.468 e. The third-order valence-corrected chi connectivity index (χ3v) is 5.29. The van der Waals surface area contributed by atoms with Gasteiger partial charge in [-0.15, -0.1) is 24.0 Å². The van der Waals surface area contributed by atoms with Crippen molar-refractivity contribution in [2.24, 2.45) is 4.99 Å². The summed E-state index contributed by atoms with van der Waals surface area (Å²) in [6, 6.07) is 4.30. The van der Waals surface area contributed by atoms with E-state index in [-0.39, 0.29) is 30.0 Å². The smallest absolute Gasteiger partial charge is 0.191 e. The summed E-state index contributed by atoms with van der Waals surface area (Å²) in [7, 11) is 4.29. The summed E-state index contributed by atoms with van der Waals surface area (Å²) in [5.41, 5.74) is 0. The highest BCUT2D eigenvalue weighted by molar-refractivity contribution is 14.0. The van der Waals surface area contributed by atoms with Crippen LogP contribution in [0.1, 0.15) is 63.7 Å². The van der Waals surface area contributed by atoms with Crippen molar-refractivity contribution in [3.05, 3.63) is 24.2 Å². The molecule has 0 saturated carbocycles. The summed E-state index contributed by atoms with van der Waals surface area (Å²) in [5, 5.41) is 6.88. The van der Waals surface area contributed by atoms with E-state index in [1.54, 1.807) is 6.26 Å². The van der Waals surface area contributed by atoms with Gasteiger partial charge in [-0.05, 0) is 78.5 Å². The van der Waals surface area contributed by atoms with Crippen molar-refractivity contribution in [1.29, 1.82) is 0 Å². The first-order valence-electron chi connectivity index (χ1n) is 11.1. The van der Waals surface area contributed by atoms with Gasteiger partial charge in [-0.2, -0.15) is 0 Å². The number of furan rings is 1. The molecule has 2 N–H and O–H groups in total. The second kappa shape index (κ2) is 16.0. The van der Waals surface area contributed by atoms with Crippen LogP contribution in [0.15, 0.2) is 27.8 Å². The van der Waals surface area contributed by atoms with E-state index < -0.39 is 0 Å². The van der Waals surface area contributed by atoms with Crippen LogP contribution in [0.3, 0.4) is 0 Å². The highest BCUT2D eigenvalue weighted by Crippen LogP contribution is 2.25. The Bertz CT molecular complexity index is 529. The third-order valence-electron chi connectivity index (χ3n) is 5.29. The lowest BCUT2D eigenvalue weighted by molar-refractivity contribution is 0.221. The second-order valence-corrected chi connectivity index (χ2v) is 7.99. The van der Waals surface area contributed by atoms with Crippen molar-refractivity contribution in [3.63, 3.8) is 0 Å². The normalized spacial score (nSPS) is 16.1. The van der Waals surface area contributed by atoms with E-state index in [1.165, 1.54) is 51.5 Å². The molecule has 1 aromatic heterocycles.